The van der Waals surface area contributed by atoms with Crippen LogP contribution in [0.3, 0.4) is 0 Å². The predicted octanol–water partition coefficient (Wildman–Crippen LogP) is 3.64. The summed E-state index contributed by atoms with van der Waals surface area (Å²) in [5.41, 5.74) is 3.26. The van der Waals surface area contributed by atoms with Gasteiger partial charge in [-0.2, -0.15) is 0 Å². The van der Waals surface area contributed by atoms with Gasteiger partial charge in [0.1, 0.15) is 5.82 Å². The first-order valence-corrected chi connectivity index (χ1v) is 7.17. The van der Waals surface area contributed by atoms with E-state index in [-0.39, 0.29) is 5.28 Å². The highest BCUT2D eigenvalue weighted by molar-refractivity contribution is 6.28. The number of anilines is 1. The van der Waals surface area contributed by atoms with Gasteiger partial charge in [-0.1, -0.05) is 24.3 Å². The Labute approximate surface area is 128 Å². The predicted molar refractivity (Wildman–Crippen MR) is 85.7 cm³/mol. The molecule has 0 aliphatic rings. The summed E-state index contributed by atoms with van der Waals surface area (Å²) in [5, 5.41) is 4.73. The van der Waals surface area contributed by atoms with E-state index in [0.29, 0.717) is 0 Å². The van der Waals surface area contributed by atoms with Gasteiger partial charge in [0.25, 0.3) is 0 Å². The number of hydrogen-bond donors (Lipinski definition) is 1. The van der Waals surface area contributed by atoms with Crippen molar-refractivity contribution in [2.45, 2.75) is 13.3 Å². The zero-order chi connectivity index (χ0) is 14.7. The van der Waals surface area contributed by atoms with E-state index in [2.05, 4.69) is 44.5 Å². The molecule has 2 aromatic heterocycles. The molecule has 1 aromatic carbocycles. The SMILES string of the molecule is Cc1cnc(Cl)nc1NCCc1cccc2cccnc12. The second kappa shape index (κ2) is 6.06. The van der Waals surface area contributed by atoms with Crippen LogP contribution in [-0.2, 0) is 6.42 Å². The first-order valence-electron chi connectivity index (χ1n) is 6.79. The third-order valence-electron chi connectivity index (χ3n) is 3.35. The number of aromatic nitrogens is 3. The molecule has 21 heavy (non-hydrogen) atoms. The number of benzene rings is 1. The number of aryl methyl sites for hydroxylation is 1. The zero-order valence-electron chi connectivity index (χ0n) is 11.7. The third-order valence-corrected chi connectivity index (χ3v) is 3.53. The molecule has 0 fully saturated rings. The normalized spacial score (nSPS) is 10.8. The van der Waals surface area contributed by atoms with E-state index in [1.807, 2.05) is 19.2 Å². The fourth-order valence-electron chi connectivity index (χ4n) is 2.28. The van der Waals surface area contributed by atoms with Gasteiger partial charge < -0.3 is 5.32 Å². The topological polar surface area (TPSA) is 50.7 Å². The lowest BCUT2D eigenvalue weighted by Crippen LogP contribution is -2.08. The molecule has 0 saturated carbocycles. The highest BCUT2D eigenvalue weighted by Crippen LogP contribution is 2.17. The summed E-state index contributed by atoms with van der Waals surface area (Å²) in [6.07, 6.45) is 4.42. The molecule has 0 amide bonds. The number of nitrogens with one attached hydrogen (secondary N) is 1. The van der Waals surface area contributed by atoms with Crippen molar-refractivity contribution in [2.75, 3.05) is 11.9 Å². The van der Waals surface area contributed by atoms with Gasteiger partial charge in [-0.3, -0.25) is 4.98 Å². The van der Waals surface area contributed by atoms with Gasteiger partial charge in [0, 0.05) is 29.9 Å². The second-order valence-corrected chi connectivity index (χ2v) is 5.18. The molecule has 0 aliphatic carbocycles. The average Bonchev–Trinajstić information content (AvgIpc) is 2.51. The summed E-state index contributed by atoms with van der Waals surface area (Å²) < 4.78 is 0. The molecule has 0 bridgehead atoms. The highest BCUT2D eigenvalue weighted by atomic mass is 35.5. The van der Waals surface area contributed by atoms with Gasteiger partial charge in [0.2, 0.25) is 5.28 Å². The van der Waals surface area contributed by atoms with Crippen molar-refractivity contribution >= 4 is 28.3 Å². The Balaban J connectivity index is 1.74. The van der Waals surface area contributed by atoms with Crippen LogP contribution in [0.1, 0.15) is 11.1 Å². The first kappa shape index (κ1) is 13.8. The number of nitrogens with zero attached hydrogens (tertiary/aromatic N) is 3. The summed E-state index contributed by atoms with van der Waals surface area (Å²) >= 11 is 5.82. The van der Waals surface area contributed by atoms with E-state index >= 15 is 0 Å². The zero-order valence-corrected chi connectivity index (χ0v) is 12.4. The number of para-hydroxylation sites is 1. The number of rotatable bonds is 4. The number of hydrogen-bond acceptors (Lipinski definition) is 4. The molecule has 0 aliphatic heterocycles. The van der Waals surface area contributed by atoms with E-state index in [9.17, 15) is 0 Å². The molecule has 0 spiro atoms. The fourth-order valence-corrected chi connectivity index (χ4v) is 2.42. The quantitative estimate of drug-likeness (QED) is 0.747. The minimum Gasteiger partial charge on any atom is -0.369 e. The van der Waals surface area contributed by atoms with Crippen molar-refractivity contribution < 1.29 is 0 Å². The second-order valence-electron chi connectivity index (χ2n) is 4.84. The van der Waals surface area contributed by atoms with Gasteiger partial charge in [-0.25, -0.2) is 9.97 Å². The monoisotopic (exact) mass is 298 g/mol. The van der Waals surface area contributed by atoms with Crippen molar-refractivity contribution in [3.63, 3.8) is 0 Å². The molecular formula is C16H15ClN4. The summed E-state index contributed by atoms with van der Waals surface area (Å²) in [5.74, 6) is 0.781. The molecule has 3 rings (SSSR count). The van der Waals surface area contributed by atoms with Gasteiger partial charge in [0.15, 0.2) is 0 Å². The lowest BCUT2D eigenvalue weighted by molar-refractivity contribution is 0.995. The molecule has 5 heteroatoms. The minimum atomic E-state index is 0.259. The number of pyridine rings is 1. The van der Waals surface area contributed by atoms with Crippen LogP contribution >= 0.6 is 11.6 Å². The van der Waals surface area contributed by atoms with Gasteiger partial charge in [-0.15, -0.1) is 0 Å². The highest BCUT2D eigenvalue weighted by Gasteiger charge is 2.04. The molecule has 106 valence electrons. The van der Waals surface area contributed by atoms with Crippen molar-refractivity contribution in [3.05, 3.63) is 59.1 Å². The van der Waals surface area contributed by atoms with Crippen LogP contribution < -0.4 is 5.32 Å². The van der Waals surface area contributed by atoms with Crippen molar-refractivity contribution in [3.8, 4) is 0 Å². The smallest absolute Gasteiger partial charge is 0.224 e. The Morgan fingerprint density at radius 2 is 2.00 bits per heavy atom. The van der Waals surface area contributed by atoms with Crippen molar-refractivity contribution in [1.82, 2.24) is 15.0 Å². The van der Waals surface area contributed by atoms with E-state index in [1.54, 1.807) is 6.20 Å². The number of fused-ring (bicyclic) bond motifs is 1. The first-order chi connectivity index (χ1) is 10.2. The van der Waals surface area contributed by atoms with Crippen molar-refractivity contribution in [2.24, 2.45) is 0 Å². The largest absolute Gasteiger partial charge is 0.369 e. The molecule has 0 unspecified atom stereocenters. The standard InChI is InChI=1S/C16H15ClN4/c1-11-10-20-16(17)21-15(11)19-9-7-13-5-2-4-12-6-3-8-18-14(12)13/h2-6,8,10H,7,9H2,1H3,(H,19,20,21). The Morgan fingerprint density at radius 3 is 2.90 bits per heavy atom. The average molecular weight is 299 g/mol. The molecule has 2 heterocycles. The fraction of sp³-hybridized carbons (Fsp3) is 0.188. The Kier molecular flexibility index (Phi) is 3.97. The lowest BCUT2D eigenvalue weighted by Gasteiger charge is -2.09. The summed E-state index contributed by atoms with van der Waals surface area (Å²) in [6.45, 7) is 2.72. The molecule has 3 aromatic rings. The molecule has 0 saturated heterocycles. The Morgan fingerprint density at radius 1 is 1.14 bits per heavy atom. The van der Waals surface area contributed by atoms with Crippen LogP contribution in [0.25, 0.3) is 10.9 Å². The lowest BCUT2D eigenvalue weighted by atomic mass is 10.1. The maximum Gasteiger partial charge on any atom is 0.224 e. The maximum atomic E-state index is 5.82. The van der Waals surface area contributed by atoms with Crippen molar-refractivity contribution in [1.29, 1.82) is 0 Å². The van der Waals surface area contributed by atoms with Crippen LogP contribution in [0.15, 0.2) is 42.7 Å². The Bertz CT molecular complexity index is 768. The summed E-state index contributed by atoms with van der Waals surface area (Å²) in [6, 6.07) is 10.3. The van der Waals surface area contributed by atoms with Gasteiger partial charge in [-0.05, 0) is 36.6 Å². The molecule has 0 atom stereocenters. The van der Waals surface area contributed by atoms with Crippen LogP contribution in [-0.4, -0.2) is 21.5 Å². The third kappa shape index (κ3) is 3.11. The minimum absolute atomic E-state index is 0.259. The van der Waals surface area contributed by atoms with E-state index < -0.39 is 0 Å². The molecule has 0 radical (unpaired) electrons. The van der Waals surface area contributed by atoms with Crippen LogP contribution in [0.5, 0.6) is 0 Å². The number of halogens is 1. The van der Waals surface area contributed by atoms with Crippen LogP contribution in [0, 0.1) is 6.92 Å². The van der Waals surface area contributed by atoms with Gasteiger partial charge >= 0.3 is 0 Å². The van der Waals surface area contributed by atoms with E-state index in [4.69, 9.17) is 11.6 Å². The van der Waals surface area contributed by atoms with E-state index in [1.165, 1.54) is 5.56 Å². The summed E-state index contributed by atoms with van der Waals surface area (Å²) in [4.78, 5) is 12.6. The van der Waals surface area contributed by atoms with Gasteiger partial charge in [0.05, 0.1) is 5.52 Å². The van der Waals surface area contributed by atoms with E-state index in [0.717, 1.165) is 35.2 Å². The van der Waals surface area contributed by atoms with Crippen LogP contribution in [0.2, 0.25) is 5.28 Å². The molecule has 1 N–H and O–H groups in total. The summed E-state index contributed by atoms with van der Waals surface area (Å²) in [7, 11) is 0. The molecule has 4 nitrogen and oxygen atoms in total. The van der Waals surface area contributed by atoms with Crippen LogP contribution in [0.4, 0.5) is 5.82 Å². The maximum absolute atomic E-state index is 5.82. The Hall–Kier alpha value is -2.20. The molecular weight excluding hydrogens is 284 g/mol.